The molecule has 8 rings (SSSR count). The Kier molecular flexibility index (Phi) is 37.3. The van der Waals surface area contributed by atoms with Gasteiger partial charge >= 0.3 is 11.9 Å². The number of aliphatic hydroxyl groups is 1. The molecule has 0 aromatic heterocycles. The lowest BCUT2D eigenvalue weighted by Crippen LogP contribution is -2.62. The van der Waals surface area contributed by atoms with E-state index in [0.717, 1.165) is 22.0 Å². The lowest BCUT2D eigenvalue weighted by atomic mass is 9.99. The van der Waals surface area contributed by atoms with Crippen LogP contribution in [-0.4, -0.2) is 253 Å². The molecule has 34 nitrogen and oxygen atoms in total. The molecule has 656 valence electrons. The predicted octanol–water partition coefficient (Wildman–Crippen LogP) is 1.32. The van der Waals surface area contributed by atoms with Crippen LogP contribution in [0, 0.1) is 11.3 Å². The quantitative estimate of drug-likeness (QED) is 0.0145. The van der Waals surface area contributed by atoms with Crippen LogP contribution in [0.1, 0.15) is 99.1 Å². The zero-order valence-electron chi connectivity index (χ0n) is 69.3. The van der Waals surface area contributed by atoms with Crippen LogP contribution >= 0.6 is 11.6 Å². The van der Waals surface area contributed by atoms with Gasteiger partial charge in [-0.05, 0) is 113 Å². The fourth-order valence-corrected chi connectivity index (χ4v) is 14.4. The van der Waals surface area contributed by atoms with Crippen LogP contribution in [-0.2, 0) is 106 Å². The number of aliphatic hydroxyl groups excluding tert-OH is 1. The highest BCUT2D eigenvalue weighted by Crippen LogP contribution is 2.24. The van der Waals surface area contributed by atoms with Gasteiger partial charge < -0.3 is 94.5 Å². The van der Waals surface area contributed by atoms with Gasteiger partial charge in [0.15, 0.2) is 5.96 Å². The van der Waals surface area contributed by atoms with Gasteiger partial charge in [0.2, 0.25) is 65.0 Å². The summed E-state index contributed by atoms with van der Waals surface area (Å²) in [7, 11) is 3.65. The summed E-state index contributed by atoms with van der Waals surface area (Å²) in [4.78, 5) is 191. The molecule has 0 bridgehead atoms. The normalized spacial score (nSPS) is 15.6. The molecule has 11 amide bonds. The van der Waals surface area contributed by atoms with E-state index in [1.54, 1.807) is 97.1 Å². The minimum absolute atomic E-state index is 0.00292. The van der Waals surface area contributed by atoms with Crippen molar-refractivity contribution >= 4 is 111 Å². The number of nitrogens with two attached hydrogens (primary N) is 2. The van der Waals surface area contributed by atoms with Crippen molar-refractivity contribution in [2.24, 2.45) is 17.4 Å². The maximum absolute atomic E-state index is 15.5. The summed E-state index contributed by atoms with van der Waals surface area (Å²) in [6.45, 7) is 6.41. The molecule has 35 heteroatoms. The number of anilines is 1. The number of likely N-dealkylation sites (tertiary alicyclic amines) is 1. The van der Waals surface area contributed by atoms with Crippen molar-refractivity contribution in [1.29, 1.82) is 5.41 Å². The Morgan fingerprint density at radius 2 is 0.967 bits per heavy atom. The number of halogens is 1. The number of carboxylic acids is 2. The van der Waals surface area contributed by atoms with E-state index in [2.05, 4.69) is 58.1 Å². The SMILES string of the molecule is CC(C)C[C@H](NC(=O)[C@@H](Cc1ccc(CN2CCOCC2)cc1)NC(=O)[C@H](Cc1ccc(N(C)C)cc1)NC(=O)[C@H](CO)NC(=O)[C@@H](Cc1ccccc1)NC(=O)[C@@H](Cc1ccc(Cl)cc1)NC(=O)[C@@H](Cc1ccc2ccccc2c1)NC(=O)CN(CCC(=O)O)CCC(=O)O)C(=O)N[C@@H](CCCNC(=N)N)C(=O)N1CCC[C@H]1C(=O)N[C@H](C)C(N)=O. The standard InChI is InChI=1S/C87H114ClN17O17/c1-53(2)43-66(78(113)95-65(17-11-35-92-87(90)91)86(121)105-36-12-18-73(105)85(120)93-54(3)77(89)112)96-80(115)69(46-56-19-21-59(22-20-56)50-104-39-41-122-42-40-104)99-82(117)71(48-58-26-31-64(32-27-58)102(4)5)100-84(119)72(52-106)101-83(118)68(45-55-13-7-6-8-14-55)98-81(116)70(47-57-24-29-63(88)30-25-57)97-79(114)67(49-60-23-28-61-15-9-10-16-62(61)44-60)94-74(107)51-103(37-33-75(108)109)38-34-76(110)111/h6-10,13-16,19-32,44,53-54,65-73,106H,11-12,17-18,33-43,45-52H2,1-5H3,(H2,89,112)(H,93,120)(H,94,107)(H,95,113)(H,96,115)(H,97,114)(H,98,116)(H,99,117)(H,100,119)(H,101,118)(H,108,109)(H,110,111)(H4,90,91,92)/t54-,65+,66+,67-,68-,69-,70-,71+,72+,73+/m1/s1. The molecular weight excluding hydrogens is 1590 g/mol. The number of guanidine groups is 1. The number of carbonyl (C=O) groups excluding carboxylic acids is 11. The number of aliphatic carboxylic acids is 2. The summed E-state index contributed by atoms with van der Waals surface area (Å²) in [5, 5.41) is 67.3. The van der Waals surface area contributed by atoms with Crippen LogP contribution in [0.5, 0.6) is 0 Å². The topological polar surface area (TPSA) is 501 Å². The summed E-state index contributed by atoms with van der Waals surface area (Å²) in [6, 6.07) is 27.7. The zero-order valence-corrected chi connectivity index (χ0v) is 70.1. The third-order valence-electron chi connectivity index (χ3n) is 21.0. The van der Waals surface area contributed by atoms with E-state index in [1.165, 1.54) is 16.7 Å². The first kappa shape index (κ1) is 95.4. The molecule has 2 fully saturated rings. The largest absolute Gasteiger partial charge is 0.481 e. The number of benzene rings is 6. The lowest BCUT2D eigenvalue weighted by Gasteiger charge is -2.31. The lowest BCUT2D eigenvalue weighted by molar-refractivity contribution is -0.142. The van der Waals surface area contributed by atoms with Gasteiger partial charge in [-0.15, -0.1) is 0 Å². The van der Waals surface area contributed by atoms with Crippen LogP contribution in [0.2, 0.25) is 5.02 Å². The summed E-state index contributed by atoms with van der Waals surface area (Å²) in [5.41, 5.74) is 15.4. The minimum atomic E-state index is -1.86. The van der Waals surface area contributed by atoms with E-state index < -0.39 is 163 Å². The third kappa shape index (κ3) is 31.2. The van der Waals surface area contributed by atoms with Crippen LogP contribution < -0.4 is 69.5 Å². The van der Waals surface area contributed by atoms with Crippen molar-refractivity contribution in [3.63, 3.8) is 0 Å². The molecular formula is C87H114ClN17O17. The number of fused-ring (bicyclic) bond motifs is 1. The van der Waals surface area contributed by atoms with Gasteiger partial charge in [-0.2, -0.15) is 0 Å². The fourth-order valence-electron chi connectivity index (χ4n) is 14.2. The average Bonchev–Trinajstić information content (AvgIpc) is 1.69. The number of nitrogens with one attached hydrogen (secondary N) is 11. The molecule has 10 atom stereocenters. The van der Waals surface area contributed by atoms with Gasteiger partial charge in [0.05, 0.1) is 39.2 Å². The Bertz CT molecular complexity index is 4560. The molecule has 122 heavy (non-hydrogen) atoms. The minimum Gasteiger partial charge on any atom is -0.481 e. The van der Waals surface area contributed by atoms with E-state index in [9.17, 15) is 48.9 Å². The van der Waals surface area contributed by atoms with Crippen molar-refractivity contribution in [2.45, 2.75) is 165 Å². The van der Waals surface area contributed by atoms with E-state index in [0.29, 0.717) is 72.1 Å². The molecule has 2 aliphatic rings. The number of hydrogen-bond donors (Lipinski definition) is 16. The fraction of sp³-hybridized carbons (Fsp3) is 0.448. The Hall–Kier alpha value is -12.1. The van der Waals surface area contributed by atoms with Crippen molar-refractivity contribution in [3.05, 3.63) is 184 Å². The monoisotopic (exact) mass is 1700 g/mol. The molecule has 2 heterocycles. The van der Waals surface area contributed by atoms with Crippen LogP contribution in [0.25, 0.3) is 10.8 Å². The average molecular weight is 1710 g/mol. The summed E-state index contributed by atoms with van der Waals surface area (Å²) in [5.74, 6) is -12.3. The number of primary amides is 1. The maximum Gasteiger partial charge on any atom is 0.304 e. The number of rotatable bonds is 47. The number of amides is 11. The summed E-state index contributed by atoms with van der Waals surface area (Å²) < 4.78 is 5.56. The second kappa shape index (κ2) is 47.8. The van der Waals surface area contributed by atoms with Crippen molar-refractivity contribution in [3.8, 4) is 0 Å². The molecule has 0 spiro atoms. The summed E-state index contributed by atoms with van der Waals surface area (Å²) in [6.07, 6.45) is -1.10. The smallest absolute Gasteiger partial charge is 0.304 e. The van der Waals surface area contributed by atoms with E-state index in [-0.39, 0.29) is 95.8 Å². The molecule has 0 radical (unpaired) electrons. The third-order valence-corrected chi connectivity index (χ3v) is 21.2. The molecule has 0 unspecified atom stereocenters. The molecule has 18 N–H and O–H groups in total. The van der Waals surface area contributed by atoms with Gasteiger partial charge in [-0.1, -0.05) is 147 Å². The zero-order chi connectivity index (χ0) is 88.5. The van der Waals surface area contributed by atoms with Gasteiger partial charge in [-0.3, -0.25) is 77.5 Å². The first-order chi connectivity index (χ1) is 58.3. The van der Waals surface area contributed by atoms with E-state index in [4.69, 9.17) is 33.2 Å². The highest BCUT2D eigenvalue weighted by atomic mass is 35.5. The van der Waals surface area contributed by atoms with E-state index >= 15 is 28.8 Å². The number of nitrogens with zero attached hydrogens (tertiary/aromatic N) is 4. The van der Waals surface area contributed by atoms with Crippen LogP contribution in [0.15, 0.2) is 146 Å². The molecule has 6 aromatic rings. The first-order valence-corrected chi connectivity index (χ1v) is 41.2. The second-order valence-electron chi connectivity index (χ2n) is 31.3. The van der Waals surface area contributed by atoms with Crippen molar-refractivity contribution < 1.29 is 82.4 Å². The Morgan fingerprint density at radius 1 is 0.525 bits per heavy atom. The second-order valence-corrected chi connectivity index (χ2v) is 31.7. The first-order valence-electron chi connectivity index (χ1n) is 40.8. The predicted molar refractivity (Wildman–Crippen MR) is 457 cm³/mol. The Labute approximate surface area is 713 Å². The van der Waals surface area contributed by atoms with Crippen LogP contribution in [0.3, 0.4) is 0 Å². The Balaban J connectivity index is 1.09. The Morgan fingerprint density at radius 3 is 1.48 bits per heavy atom. The number of carboxylic acid groups (broad SMARTS) is 2. The molecule has 2 saturated heterocycles. The van der Waals surface area contributed by atoms with Crippen molar-refractivity contribution in [1.82, 2.24) is 67.9 Å². The highest BCUT2D eigenvalue weighted by molar-refractivity contribution is 6.30. The molecule has 0 aliphatic carbocycles. The van der Waals surface area contributed by atoms with Gasteiger partial charge in [0.25, 0.3) is 0 Å². The number of carbonyl (C=O) groups is 13. The number of ether oxygens (including phenoxy) is 1. The number of morpholine rings is 1. The van der Waals surface area contributed by atoms with E-state index in [1.807, 2.05) is 81.4 Å². The molecule has 6 aromatic carbocycles. The van der Waals surface area contributed by atoms with Crippen LogP contribution in [0.4, 0.5) is 5.69 Å². The van der Waals surface area contributed by atoms with Crippen molar-refractivity contribution in [2.75, 3.05) is 84.6 Å². The number of hydrogen-bond acceptors (Lipinski definition) is 19. The molecule has 2 aliphatic heterocycles. The summed E-state index contributed by atoms with van der Waals surface area (Å²) >= 11 is 6.33. The maximum atomic E-state index is 15.5. The van der Waals surface area contributed by atoms with Gasteiger partial charge in [0, 0.05) is 103 Å². The molecule has 0 saturated carbocycles. The van der Waals surface area contributed by atoms with Gasteiger partial charge in [-0.25, -0.2) is 0 Å². The highest BCUT2D eigenvalue weighted by Gasteiger charge is 2.41. The van der Waals surface area contributed by atoms with Gasteiger partial charge in [0.1, 0.15) is 60.4 Å².